The summed E-state index contributed by atoms with van der Waals surface area (Å²) in [5, 5.41) is 9.11. The van der Waals surface area contributed by atoms with E-state index in [1.165, 1.54) is 4.90 Å². The maximum atomic E-state index is 9.11. The molecule has 0 saturated heterocycles. The number of nitrogens with zero attached hydrogens (tertiary/aromatic N) is 1. The highest BCUT2D eigenvalue weighted by Gasteiger charge is 2.17. The van der Waals surface area contributed by atoms with Crippen LogP contribution in [0.1, 0.15) is 25.3 Å². The van der Waals surface area contributed by atoms with Crippen LogP contribution in [0.3, 0.4) is 0 Å². The molecular formula is C12H15NS. The molecule has 1 aromatic carbocycles. The third-order valence-electron chi connectivity index (χ3n) is 2.28. The molecule has 0 radical (unpaired) electrons. The van der Waals surface area contributed by atoms with Crippen LogP contribution in [0.2, 0.25) is 0 Å². The van der Waals surface area contributed by atoms with Gasteiger partial charge in [0.15, 0.2) is 0 Å². The van der Waals surface area contributed by atoms with E-state index in [2.05, 4.69) is 32.0 Å². The molecule has 2 heteroatoms. The predicted octanol–water partition coefficient (Wildman–Crippen LogP) is 3.67. The van der Waals surface area contributed by atoms with Crippen molar-refractivity contribution >= 4 is 11.8 Å². The molecule has 0 aliphatic heterocycles. The second-order valence-electron chi connectivity index (χ2n) is 3.59. The fourth-order valence-electron chi connectivity index (χ4n) is 1.50. The number of benzene rings is 1. The zero-order valence-electron chi connectivity index (χ0n) is 8.82. The van der Waals surface area contributed by atoms with Gasteiger partial charge in [0, 0.05) is 4.90 Å². The van der Waals surface area contributed by atoms with Crippen LogP contribution >= 0.6 is 11.8 Å². The molecule has 74 valence electrons. The van der Waals surface area contributed by atoms with Crippen molar-refractivity contribution in [3.8, 4) is 6.07 Å². The second kappa shape index (κ2) is 5.07. The Hall–Kier alpha value is -0.940. The maximum absolute atomic E-state index is 9.11. The molecule has 0 fully saturated rings. The average molecular weight is 205 g/mol. The molecule has 0 amide bonds. The molecule has 1 aromatic rings. The molecule has 0 bridgehead atoms. The van der Waals surface area contributed by atoms with Crippen molar-refractivity contribution in [3.63, 3.8) is 0 Å². The van der Waals surface area contributed by atoms with Crippen molar-refractivity contribution in [3.05, 3.63) is 29.8 Å². The summed E-state index contributed by atoms with van der Waals surface area (Å²) in [6.45, 7) is 4.18. The number of hydrogen-bond donors (Lipinski definition) is 0. The van der Waals surface area contributed by atoms with Crippen LogP contribution in [-0.4, -0.2) is 6.26 Å². The van der Waals surface area contributed by atoms with Gasteiger partial charge in [-0.2, -0.15) is 5.26 Å². The lowest BCUT2D eigenvalue weighted by Crippen LogP contribution is -2.05. The Bertz CT molecular complexity index is 338. The minimum absolute atomic E-state index is 0.0126. The summed E-state index contributed by atoms with van der Waals surface area (Å²) >= 11 is 1.71. The van der Waals surface area contributed by atoms with Gasteiger partial charge >= 0.3 is 0 Å². The highest BCUT2D eigenvalue weighted by Crippen LogP contribution is 2.31. The van der Waals surface area contributed by atoms with Crippen molar-refractivity contribution in [2.75, 3.05) is 6.26 Å². The molecule has 1 unspecified atom stereocenters. The molecule has 14 heavy (non-hydrogen) atoms. The van der Waals surface area contributed by atoms with Gasteiger partial charge in [-0.1, -0.05) is 32.0 Å². The van der Waals surface area contributed by atoms with E-state index >= 15 is 0 Å². The quantitative estimate of drug-likeness (QED) is 0.703. The molecule has 1 nitrogen and oxygen atoms in total. The van der Waals surface area contributed by atoms with Gasteiger partial charge in [-0.05, 0) is 23.8 Å². The summed E-state index contributed by atoms with van der Waals surface area (Å²) in [6, 6.07) is 10.5. The standard InChI is InChI=1S/C12H15NS/c1-9(2)11(8-13)10-6-4-5-7-12(10)14-3/h4-7,9,11H,1-3H3. The molecule has 0 N–H and O–H groups in total. The van der Waals surface area contributed by atoms with Gasteiger partial charge in [-0.3, -0.25) is 0 Å². The highest BCUT2D eigenvalue weighted by atomic mass is 32.2. The van der Waals surface area contributed by atoms with Crippen LogP contribution in [-0.2, 0) is 0 Å². The minimum Gasteiger partial charge on any atom is -0.198 e. The molecule has 0 aromatic heterocycles. The lowest BCUT2D eigenvalue weighted by molar-refractivity contribution is 0.580. The van der Waals surface area contributed by atoms with Crippen molar-refractivity contribution < 1.29 is 0 Å². The van der Waals surface area contributed by atoms with Crippen molar-refractivity contribution in [2.45, 2.75) is 24.7 Å². The molecule has 0 aliphatic rings. The normalized spacial score (nSPS) is 12.5. The van der Waals surface area contributed by atoms with Crippen LogP contribution < -0.4 is 0 Å². The van der Waals surface area contributed by atoms with E-state index in [1.54, 1.807) is 11.8 Å². The van der Waals surface area contributed by atoms with Crippen LogP contribution in [0.5, 0.6) is 0 Å². The highest BCUT2D eigenvalue weighted by molar-refractivity contribution is 7.98. The smallest absolute Gasteiger partial charge is 0.0746 e. The molecule has 1 rings (SSSR count). The Labute approximate surface area is 90.1 Å². The largest absolute Gasteiger partial charge is 0.198 e. The zero-order valence-corrected chi connectivity index (χ0v) is 9.64. The van der Waals surface area contributed by atoms with Crippen LogP contribution in [0.15, 0.2) is 29.2 Å². The fourth-order valence-corrected chi connectivity index (χ4v) is 2.15. The van der Waals surface area contributed by atoms with Gasteiger partial charge in [-0.15, -0.1) is 11.8 Å². The first-order valence-electron chi connectivity index (χ1n) is 4.73. The van der Waals surface area contributed by atoms with Crippen molar-refractivity contribution in [2.24, 2.45) is 5.92 Å². The molecule has 0 heterocycles. The van der Waals surface area contributed by atoms with Gasteiger partial charge in [0.2, 0.25) is 0 Å². The Morgan fingerprint density at radius 1 is 1.29 bits per heavy atom. The molecule has 1 atom stereocenters. The fraction of sp³-hybridized carbons (Fsp3) is 0.417. The maximum Gasteiger partial charge on any atom is 0.0746 e. The van der Waals surface area contributed by atoms with E-state index in [-0.39, 0.29) is 5.92 Å². The number of hydrogen-bond acceptors (Lipinski definition) is 2. The SMILES string of the molecule is CSc1ccccc1C(C#N)C(C)C. The summed E-state index contributed by atoms with van der Waals surface area (Å²) < 4.78 is 0. The number of thioether (sulfide) groups is 1. The van der Waals surface area contributed by atoms with Gasteiger partial charge in [-0.25, -0.2) is 0 Å². The lowest BCUT2D eigenvalue weighted by Gasteiger charge is -2.16. The van der Waals surface area contributed by atoms with E-state index in [0.717, 1.165) is 5.56 Å². The molecule has 0 spiro atoms. The summed E-state index contributed by atoms with van der Waals surface area (Å²) in [6.07, 6.45) is 2.05. The topological polar surface area (TPSA) is 23.8 Å². The Morgan fingerprint density at radius 3 is 2.43 bits per heavy atom. The van der Waals surface area contributed by atoms with Gasteiger partial charge in [0.05, 0.1) is 12.0 Å². The zero-order chi connectivity index (χ0) is 10.6. The Kier molecular flexibility index (Phi) is 4.03. The molecular weight excluding hydrogens is 190 g/mol. The predicted molar refractivity (Wildman–Crippen MR) is 61.4 cm³/mol. The lowest BCUT2D eigenvalue weighted by atomic mass is 9.90. The van der Waals surface area contributed by atoms with Crippen LogP contribution in [0.25, 0.3) is 0 Å². The average Bonchev–Trinajstić information content (AvgIpc) is 2.19. The third kappa shape index (κ3) is 2.30. The van der Waals surface area contributed by atoms with E-state index in [0.29, 0.717) is 5.92 Å². The second-order valence-corrected chi connectivity index (χ2v) is 4.44. The first-order valence-corrected chi connectivity index (χ1v) is 5.95. The Balaban J connectivity index is 3.10. The van der Waals surface area contributed by atoms with E-state index in [9.17, 15) is 0 Å². The van der Waals surface area contributed by atoms with Crippen molar-refractivity contribution in [1.29, 1.82) is 5.26 Å². The van der Waals surface area contributed by atoms with Crippen molar-refractivity contribution in [1.82, 2.24) is 0 Å². The summed E-state index contributed by atoms with van der Waals surface area (Å²) in [5.41, 5.74) is 1.16. The summed E-state index contributed by atoms with van der Waals surface area (Å²) in [5.74, 6) is 0.381. The summed E-state index contributed by atoms with van der Waals surface area (Å²) in [4.78, 5) is 1.22. The monoisotopic (exact) mass is 205 g/mol. The van der Waals surface area contributed by atoms with Crippen LogP contribution in [0.4, 0.5) is 0 Å². The van der Waals surface area contributed by atoms with E-state index < -0.39 is 0 Å². The Morgan fingerprint density at radius 2 is 1.93 bits per heavy atom. The third-order valence-corrected chi connectivity index (χ3v) is 3.09. The molecule has 0 saturated carbocycles. The van der Waals surface area contributed by atoms with Gasteiger partial charge < -0.3 is 0 Å². The number of nitriles is 1. The summed E-state index contributed by atoms with van der Waals surface area (Å²) in [7, 11) is 0. The van der Waals surface area contributed by atoms with E-state index in [1.807, 2.05) is 18.4 Å². The van der Waals surface area contributed by atoms with Crippen LogP contribution in [0, 0.1) is 17.2 Å². The molecule has 0 aliphatic carbocycles. The first kappa shape index (κ1) is 11.1. The van der Waals surface area contributed by atoms with Gasteiger partial charge in [0.25, 0.3) is 0 Å². The first-order chi connectivity index (χ1) is 6.70. The van der Waals surface area contributed by atoms with Gasteiger partial charge in [0.1, 0.15) is 0 Å². The van der Waals surface area contributed by atoms with E-state index in [4.69, 9.17) is 5.26 Å². The minimum atomic E-state index is 0.0126. The number of rotatable bonds is 3.